The third kappa shape index (κ3) is 5.29. The zero-order valence-electron chi connectivity index (χ0n) is 19.2. The predicted octanol–water partition coefficient (Wildman–Crippen LogP) is 4.83. The number of carbonyl (C=O) groups excluding carboxylic acids is 1. The van der Waals surface area contributed by atoms with Crippen molar-refractivity contribution in [3.63, 3.8) is 0 Å². The van der Waals surface area contributed by atoms with Crippen LogP contribution in [0.4, 0.5) is 0 Å². The van der Waals surface area contributed by atoms with E-state index in [4.69, 9.17) is 26.1 Å². The molecule has 0 aliphatic rings. The van der Waals surface area contributed by atoms with Crippen molar-refractivity contribution in [3.05, 3.63) is 71.0 Å². The summed E-state index contributed by atoms with van der Waals surface area (Å²) in [6, 6.07) is 15.3. The molecule has 0 atom stereocenters. The van der Waals surface area contributed by atoms with E-state index in [1.165, 1.54) is 11.8 Å². The lowest BCUT2D eigenvalue weighted by molar-refractivity contribution is -0.118. The van der Waals surface area contributed by atoms with Crippen molar-refractivity contribution in [1.29, 1.82) is 0 Å². The van der Waals surface area contributed by atoms with Crippen LogP contribution in [0.25, 0.3) is 16.8 Å². The summed E-state index contributed by atoms with van der Waals surface area (Å²) in [5, 5.41) is 9.05. The number of halogens is 1. The van der Waals surface area contributed by atoms with Crippen molar-refractivity contribution in [1.82, 2.24) is 19.9 Å². The Kier molecular flexibility index (Phi) is 7.59. The van der Waals surface area contributed by atoms with Crippen LogP contribution in [-0.4, -0.2) is 47.0 Å². The molecule has 0 bridgehead atoms. The van der Waals surface area contributed by atoms with Gasteiger partial charge >= 0.3 is 0 Å². The molecule has 0 saturated heterocycles. The van der Waals surface area contributed by atoms with Crippen LogP contribution in [0.15, 0.2) is 59.8 Å². The number of nitrogens with one attached hydrogen (secondary N) is 1. The standard InChI is InChI=1S/C25H25ClN4O3S/c1-16-12-24(34-15-23(31)27-11-10-17-6-4-5-7-20(17)26)30-25(29-16)19(14-28-30)18-8-9-21(32-2)22(13-18)33-3/h4-9,12-14H,10-11,15H2,1-3H3,(H,27,31). The second-order valence-corrected chi connectivity index (χ2v) is 8.98. The van der Waals surface area contributed by atoms with Crippen LogP contribution in [0, 0.1) is 6.92 Å². The summed E-state index contributed by atoms with van der Waals surface area (Å²) < 4.78 is 12.5. The molecule has 0 fully saturated rings. The first-order valence-electron chi connectivity index (χ1n) is 10.7. The van der Waals surface area contributed by atoms with Crippen molar-refractivity contribution in [2.75, 3.05) is 26.5 Å². The molecule has 2 aromatic heterocycles. The third-order valence-corrected chi connectivity index (χ3v) is 6.65. The van der Waals surface area contributed by atoms with Crippen LogP contribution < -0.4 is 14.8 Å². The van der Waals surface area contributed by atoms with Gasteiger partial charge in [-0.25, -0.2) is 9.50 Å². The van der Waals surface area contributed by atoms with Crippen LogP contribution in [0.1, 0.15) is 11.3 Å². The molecular weight excluding hydrogens is 472 g/mol. The molecule has 0 saturated carbocycles. The molecule has 0 aliphatic heterocycles. The Hall–Kier alpha value is -3.23. The van der Waals surface area contributed by atoms with Gasteiger partial charge in [0.25, 0.3) is 0 Å². The highest BCUT2D eigenvalue weighted by atomic mass is 35.5. The maximum atomic E-state index is 12.4. The third-order valence-electron chi connectivity index (χ3n) is 5.29. The number of benzene rings is 2. The molecule has 4 rings (SSSR count). The summed E-state index contributed by atoms with van der Waals surface area (Å²) in [5.41, 5.74) is 4.36. The predicted molar refractivity (Wildman–Crippen MR) is 135 cm³/mol. The number of nitrogens with zero attached hydrogens (tertiary/aromatic N) is 3. The fourth-order valence-corrected chi connectivity index (χ4v) is 4.71. The zero-order valence-corrected chi connectivity index (χ0v) is 20.7. The van der Waals surface area contributed by atoms with Gasteiger partial charge in [0, 0.05) is 22.8 Å². The monoisotopic (exact) mass is 496 g/mol. The van der Waals surface area contributed by atoms with Crippen molar-refractivity contribution in [3.8, 4) is 22.6 Å². The van der Waals surface area contributed by atoms with E-state index in [1.807, 2.05) is 55.5 Å². The van der Waals surface area contributed by atoms with Gasteiger partial charge in [-0.3, -0.25) is 4.79 Å². The van der Waals surface area contributed by atoms with Crippen molar-refractivity contribution in [2.45, 2.75) is 18.4 Å². The maximum absolute atomic E-state index is 12.4. The molecule has 0 spiro atoms. The van der Waals surface area contributed by atoms with E-state index in [-0.39, 0.29) is 11.7 Å². The maximum Gasteiger partial charge on any atom is 0.230 e. The molecule has 2 aromatic carbocycles. The van der Waals surface area contributed by atoms with Crippen LogP contribution in [-0.2, 0) is 11.2 Å². The first-order valence-corrected chi connectivity index (χ1v) is 12.1. The molecule has 0 aliphatic carbocycles. The van der Waals surface area contributed by atoms with E-state index in [9.17, 15) is 4.79 Å². The number of hydrogen-bond donors (Lipinski definition) is 1. The van der Waals surface area contributed by atoms with Crippen LogP contribution in [0.2, 0.25) is 5.02 Å². The molecule has 0 unspecified atom stereocenters. The van der Waals surface area contributed by atoms with Crippen molar-refractivity contribution < 1.29 is 14.3 Å². The van der Waals surface area contributed by atoms with Gasteiger partial charge in [-0.05, 0) is 48.7 Å². The van der Waals surface area contributed by atoms with Gasteiger partial charge in [0.15, 0.2) is 17.1 Å². The Morgan fingerprint density at radius 3 is 2.68 bits per heavy atom. The minimum Gasteiger partial charge on any atom is -0.493 e. The number of amides is 1. The lowest BCUT2D eigenvalue weighted by atomic mass is 10.1. The van der Waals surface area contributed by atoms with E-state index in [2.05, 4.69) is 10.4 Å². The molecule has 1 amide bonds. The van der Waals surface area contributed by atoms with E-state index in [1.54, 1.807) is 24.9 Å². The fraction of sp³-hybridized carbons (Fsp3) is 0.240. The number of methoxy groups -OCH3 is 2. The van der Waals surface area contributed by atoms with Gasteiger partial charge in [0.1, 0.15) is 5.03 Å². The second kappa shape index (κ2) is 10.8. The minimum absolute atomic E-state index is 0.0491. The lowest BCUT2D eigenvalue weighted by Crippen LogP contribution is -2.27. The normalized spacial score (nSPS) is 10.9. The SMILES string of the molecule is COc1ccc(-c2cnn3c(SCC(=O)NCCc4ccccc4Cl)cc(C)nc23)cc1OC. The Labute approximate surface area is 207 Å². The first kappa shape index (κ1) is 23.9. The Morgan fingerprint density at radius 2 is 1.91 bits per heavy atom. The molecular formula is C25H25ClN4O3S. The Balaban J connectivity index is 1.47. The number of aromatic nitrogens is 3. The summed E-state index contributed by atoms with van der Waals surface area (Å²) in [6.07, 6.45) is 2.46. The van der Waals surface area contributed by atoms with E-state index < -0.39 is 0 Å². The molecule has 34 heavy (non-hydrogen) atoms. The lowest BCUT2D eigenvalue weighted by Gasteiger charge is -2.10. The molecule has 176 valence electrons. The summed E-state index contributed by atoms with van der Waals surface area (Å²) in [7, 11) is 3.21. The first-order chi connectivity index (χ1) is 16.5. The minimum atomic E-state index is -0.0491. The van der Waals surface area contributed by atoms with Gasteiger partial charge < -0.3 is 14.8 Å². The van der Waals surface area contributed by atoms with Gasteiger partial charge in [0.2, 0.25) is 5.91 Å². The quantitative estimate of drug-likeness (QED) is 0.264. The number of rotatable bonds is 9. The highest BCUT2D eigenvalue weighted by Gasteiger charge is 2.15. The number of fused-ring (bicyclic) bond motifs is 1. The van der Waals surface area contributed by atoms with Crippen molar-refractivity contribution in [2.24, 2.45) is 0 Å². The number of hydrogen-bond acceptors (Lipinski definition) is 6. The van der Waals surface area contributed by atoms with Gasteiger partial charge in [-0.2, -0.15) is 5.10 Å². The van der Waals surface area contributed by atoms with Crippen LogP contribution in [0.3, 0.4) is 0 Å². The average molecular weight is 497 g/mol. The van der Waals surface area contributed by atoms with E-state index in [0.717, 1.165) is 27.4 Å². The average Bonchev–Trinajstić information content (AvgIpc) is 3.27. The molecule has 0 radical (unpaired) electrons. The Morgan fingerprint density at radius 1 is 1.12 bits per heavy atom. The zero-order chi connectivity index (χ0) is 24.1. The number of ether oxygens (including phenoxy) is 2. The Bertz CT molecular complexity index is 1330. The highest BCUT2D eigenvalue weighted by molar-refractivity contribution is 7.99. The largest absolute Gasteiger partial charge is 0.493 e. The number of aryl methyl sites for hydroxylation is 1. The summed E-state index contributed by atoms with van der Waals surface area (Å²) >= 11 is 7.61. The topological polar surface area (TPSA) is 77.8 Å². The summed E-state index contributed by atoms with van der Waals surface area (Å²) in [5.74, 6) is 1.51. The number of thioether (sulfide) groups is 1. The summed E-state index contributed by atoms with van der Waals surface area (Å²) in [4.78, 5) is 17.1. The molecule has 2 heterocycles. The second-order valence-electron chi connectivity index (χ2n) is 7.58. The molecule has 4 aromatic rings. The highest BCUT2D eigenvalue weighted by Crippen LogP contribution is 2.34. The van der Waals surface area contributed by atoms with E-state index in [0.29, 0.717) is 35.1 Å². The molecule has 9 heteroatoms. The molecule has 7 nitrogen and oxygen atoms in total. The van der Waals surface area contributed by atoms with Gasteiger partial charge in [0.05, 0.1) is 26.2 Å². The van der Waals surface area contributed by atoms with Crippen molar-refractivity contribution >= 4 is 34.9 Å². The molecule has 1 N–H and O–H groups in total. The van der Waals surface area contributed by atoms with Crippen LogP contribution >= 0.6 is 23.4 Å². The number of carbonyl (C=O) groups is 1. The van der Waals surface area contributed by atoms with E-state index >= 15 is 0 Å². The van der Waals surface area contributed by atoms with Crippen LogP contribution in [0.5, 0.6) is 11.5 Å². The summed E-state index contributed by atoms with van der Waals surface area (Å²) in [6.45, 7) is 2.46. The van der Waals surface area contributed by atoms with Gasteiger partial charge in [-0.15, -0.1) is 0 Å². The fourth-order valence-electron chi connectivity index (χ4n) is 3.59. The smallest absolute Gasteiger partial charge is 0.230 e. The van der Waals surface area contributed by atoms with Gasteiger partial charge in [-0.1, -0.05) is 47.6 Å².